The normalized spacial score (nSPS) is 18.7. The first-order chi connectivity index (χ1) is 70.7. The first-order valence-corrected chi connectivity index (χ1v) is 49.3. The highest BCUT2D eigenvalue weighted by atomic mass is 79.9. The van der Waals surface area contributed by atoms with Crippen LogP contribution in [0.15, 0.2) is 164 Å². The van der Waals surface area contributed by atoms with Crippen molar-refractivity contribution in [3.63, 3.8) is 0 Å². The number of imidazole rings is 3. The van der Waals surface area contributed by atoms with E-state index >= 15 is 0 Å². The Morgan fingerprint density at radius 2 is 0.773 bits per heavy atom. The van der Waals surface area contributed by atoms with Gasteiger partial charge >= 0.3 is 54.1 Å². The molecule has 11 aromatic rings. The van der Waals surface area contributed by atoms with Crippen LogP contribution in [0.2, 0.25) is 0 Å². The Labute approximate surface area is 865 Å². The summed E-state index contributed by atoms with van der Waals surface area (Å²) in [6.45, 7) is 15.2. The Kier molecular flexibility index (Phi) is 48.5. The van der Waals surface area contributed by atoms with Crippen LogP contribution < -0.4 is 27.4 Å². The molecular weight excluding hydrogens is 2060 g/mol. The largest absolute Gasteiger partial charge is 0.478 e. The number of carbonyl (C=O) groups excluding carboxylic acids is 6. The topological polar surface area (TPSA) is 405 Å². The third-order valence-corrected chi connectivity index (χ3v) is 25.0. The molecule has 5 aliphatic carbocycles. The number of aliphatic hydroxyl groups excluding tert-OH is 1. The van der Waals surface area contributed by atoms with Crippen LogP contribution >= 0.6 is 15.9 Å². The van der Waals surface area contributed by atoms with Gasteiger partial charge in [0.1, 0.15) is 34.1 Å². The number of halogens is 16. The van der Waals surface area contributed by atoms with Gasteiger partial charge in [-0.15, -0.1) is 0 Å². The van der Waals surface area contributed by atoms with Gasteiger partial charge in [-0.2, -0.15) is 49.2 Å². The number of carboxylic acid groups (broad SMARTS) is 1. The van der Waals surface area contributed by atoms with Crippen LogP contribution in [0.25, 0.3) is 33.1 Å². The summed E-state index contributed by atoms with van der Waals surface area (Å²) < 4.78 is 219. The number of nitro benzene ring substituents is 1. The highest BCUT2D eigenvalue weighted by Gasteiger charge is 2.38. The molecule has 814 valence electrons. The minimum atomic E-state index is -4.58. The SMILES string of the molecule is C.CCC.CCOC(=O)C1CCC(N)CC1.CCOC(=O)C1CCC(Nc2ccc(F)cc2C)CC1.CCOC(=O)C1CCC(n2c(N)nc3cc(F)ccc32)CC1.CCOC(=O)C1CCC(n2c(NC(=O)c3cccc(C(F)(F)F)c3)nc3cc(F)ccc32)CC1.N#CBr.O=C(Nc1nc2cc(F)ccc2n1C1CCC(CO)CC1)c1cccc(C(F)(F)F)c1.O=C(O)c1cccc(C(F)(F)F)c1.O=[N+]([O-])c1cc(F)ccc1F. The number of anilines is 4. The third kappa shape index (κ3) is 36.6. The monoisotopic (exact) mass is 2180 g/mol. The molecule has 0 bridgehead atoms. The van der Waals surface area contributed by atoms with E-state index in [4.69, 9.17) is 40.8 Å². The summed E-state index contributed by atoms with van der Waals surface area (Å²) in [6.07, 6.45) is 3.60. The lowest BCUT2D eigenvalue weighted by Gasteiger charge is -2.29. The number of aryl methyl sites for hydroxylation is 1. The van der Waals surface area contributed by atoms with Gasteiger partial charge in [-0.05, 0) is 296 Å². The van der Waals surface area contributed by atoms with Crippen molar-refractivity contribution in [2.75, 3.05) is 54.7 Å². The number of nitro groups is 1. The fraction of sp³-hybridized carbons (Fsp3) is 0.443. The van der Waals surface area contributed by atoms with Gasteiger partial charge < -0.3 is 59.6 Å². The number of benzene rings is 8. The fourth-order valence-electron chi connectivity index (χ4n) is 17.6. The molecule has 0 spiro atoms. The van der Waals surface area contributed by atoms with Gasteiger partial charge in [-0.3, -0.25) is 49.5 Å². The maximum Gasteiger partial charge on any atom is 0.416 e. The second kappa shape index (κ2) is 59.0. The number of nitrogens with two attached hydrogens (primary N) is 2. The Morgan fingerprint density at radius 1 is 0.460 bits per heavy atom. The van der Waals surface area contributed by atoms with Gasteiger partial charge in [0.05, 0.1) is 116 Å². The molecule has 0 unspecified atom stereocenters. The molecule has 0 radical (unpaired) electrons. The maximum absolute atomic E-state index is 13.8. The van der Waals surface area contributed by atoms with E-state index in [-0.39, 0.29) is 126 Å². The molecule has 150 heavy (non-hydrogen) atoms. The average Bonchev–Trinajstić information content (AvgIpc) is 1.63. The Morgan fingerprint density at radius 3 is 1.12 bits per heavy atom. The van der Waals surface area contributed by atoms with Crippen LogP contribution in [0.4, 0.5) is 95.1 Å². The van der Waals surface area contributed by atoms with Gasteiger partial charge in [0, 0.05) is 87.8 Å². The molecule has 2 amide bonds. The van der Waals surface area contributed by atoms with E-state index in [0.717, 1.165) is 174 Å². The van der Waals surface area contributed by atoms with Crippen molar-refractivity contribution in [3.05, 3.63) is 248 Å². The molecule has 44 heteroatoms. The number of aromatic nitrogens is 6. The summed E-state index contributed by atoms with van der Waals surface area (Å²) in [4.78, 5) is 106. The number of nitrogens with zero attached hydrogens (tertiary/aromatic N) is 8. The van der Waals surface area contributed by atoms with Crippen LogP contribution in [0, 0.1) is 91.8 Å². The number of nitrogens with one attached hydrogen (secondary N) is 3. The zero-order valence-corrected chi connectivity index (χ0v) is 84.3. The van der Waals surface area contributed by atoms with E-state index in [1.807, 2.05) is 36.8 Å². The minimum absolute atomic E-state index is 0. The number of fused-ring (bicyclic) bond motifs is 3. The molecule has 3 heterocycles. The molecular formula is C106H123BrF15N13O15. The lowest BCUT2D eigenvalue weighted by atomic mass is 9.86. The number of alkyl halides is 9. The molecule has 0 atom stereocenters. The van der Waals surface area contributed by atoms with Crippen molar-refractivity contribution >= 4 is 120 Å². The number of rotatable bonds is 20. The molecule has 9 N–H and O–H groups in total. The maximum atomic E-state index is 13.8. The number of amides is 2. The van der Waals surface area contributed by atoms with Crippen molar-refractivity contribution in [2.45, 2.75) is 239 Å². The minimum Gasteiger partial charge on any atom is -0.478 e. The number of nitriles is 1. The van der Waals surface area contributed by atoms with E-state index < -0.39 is 86.9 Å². The van der Waals surface area contributed by atoms with Crippen LogP contribution in [0.5, 0.6) is 0 Å². The van der Waals surface area contributed by atoms with Gasteiger partial charge in [-0.1, -0.05) is 45.9 Å². The molecule has 5 saturated carbocycles. The lowest BCUT2D eigenvalue weighted by Crippen LogP contribution is -2.30. The van der Waals surface area contributed by atoms with Gasteiger partial charge in [0.15, 0.2) is 0 Å². The number of carboxylic acids is 1. The predicted octanol–water partition coefficient (Wildman–Crippen LogP) is 25.9. The molecule has 0 aliphatic heterocycles. The molecule has 0 saturated heterocycles. The Balaban J connectivity index is 0.000000242. The van der Waals surface area contributed by atoms with E-state index in [2.05, 4.69) is 60.7 Å². The quantitative estimate of drug-likeness (QED) is 0.0122. The van der Waals surface area contributed by atoms with Crippen molar-refractivity contribution in [3.8, 4) is 4.98 Å². The van der Waals surface area contributed by atoms with Crippen LogP contribution in [-0.4, -0.2) is 131 Å². The number of esters is 4. The summed E-state index contributed by atoms with van der Waals surface area (Å²) in [5, 5.41) is 43.7. The lowest BCUT2D eigenvalue weighted by molar-refractivity contribution is -0.387. The van der Waals surface area contributed by atoms with Crippen molar-refractivity contribution in [1.29, 1.82) is 5.26 Å². The standard InChI is InChI=1S/C24H23F4N3O3.C22H21F4N3O2.C16H20FN3O2.C16H22FNO2.C9H17NO2.C8H5F3O2.C6H3F2NO2.C3H8.CBrN.CH4/c1-2-34-22(33)14-6-9-18(10-7-14)31-20-11-8-17(25)13-19(20)29-23(31)30-21(32)15-4-3-5-16(12-15)24(26,27)28;23-16-6-9-19-18(11-16)27-21(29(19)17-7-4-13(12-30)5-8-17)28-20(31)14-2-1-3-15(10-14)22(24,25)26;1-2-22-15(21)10-3-6-12(7-4-10)20-14-8-5-11(17)9-13(14)19-16(20)18;1-3-20-16(19)12-4-7-14(8-5-12)18-15-9-6-13(17)10-11(15)2;1-2-12-9(11)7-3-5-8(10)6-4-7;9-8(10,11)6-3-1-2-5(4-6)7(12)13;7-4-1-2-5(8)6(3-4)9(10)11;1-3-2;2-1-3;/h3-5,8,11-14,18H,2,6-7,9-10H2,1H3,(H,29,30,32);1-3,6,9-11,13,17,30H,4-5,7-8,12H2,(H,27,28,31);5,8-10,12H,2-4,6-7H2,1H3,(H2,18,19);6,9-10,12,14,18H,3-5,7-8H2,1-2H3;7-8H,2-6,10H2,1H3;1-4H,(H,12,13);1-3H;3H2,1-2H3;;1H4. The Bertz CT molecular complexity index is 6340. The first-order valence-electron chi connectivity index (χ1n) is 48.5. The summed E-state index contributed by atoms with van der Waals surface area (Å²) in [5.74, 6) is -5.85. The summed E-state index contributed by atoms with van der Waals surface area (Å²) in [6, 6.07) is 32.1. The fourth-order valence-corrected chi connectivity index (χ4v) is 17.6. The van der Waals surface area contributed by atoms with Crippen molar-refractivity contribution < 1.29 is 134 Å². The van der Waals surface area contributed by atoms with E-state index in [9.17, 15) is 115 Å². The number of hydrogen-bond donors (Lipinski definition) is 7. The van der Waals surface area contributed by atoms with E-state index in [1.165, 1.54) is 73.2 Å². The average molecular weight is 2180 g/mol. The number of ether oxygens (including phenoxy) is 4. The van der Waals surface area contributed by atoms with Crippen LogP contribution in [0.3, 0.4) is 0 Å². The molecule has 5 fully saturated rings. The molecule has 5 aliphatic rings. The van der Waals surface area contributed by atoms with E-state index in [0.29, 0.717) is 116 Å². The van der Waals surface area contributed by atoms with Crippen LogP contribution in [0.1, 0.15) is 255 Å². The smallest absolute Gasteiger partial charge is 0.416 e. The number of aromatic carboxylic acids is 1. The van der Waals surface area contributed by atoms with Crippen molar-refractivity contribution in [2.24, 2.45) is 35.3 Å². The first kappa shape index (κ1) is 123. The third-order valence-electron chi connectivity index (χ3n) is 25.0. The van der Waals surface area contributed by atoms with Gasteiger partial charge in [0.25, 0.3) is 11.8 Å². The summed E-state index contributed by atoms with van der Waals surface area (Å²) in [5.41, 5.74) is 12.6. The second-order valence-corrected chi connectivity index (χ2v) is 35.9. The highest BCUT2D eigenvalue weighted by Crippen LogP contribution is 2.43. The molecule has 3 aromatic heterocycles. The molecule has 28 nitrogen and oxygen atoms in total. The van der Waals surface area contributed by atoms with Gasteiger partial charge in [-0.25, -0.2) is 41.7 Å². The number of aliphatic hydroxyl groups is 1. The van der Waals surface area contributed by atoms with Crippen LogP contribution in [-0.2, 0) is 56.7 Å². The second-order valence-electron chi connectivity index (χ2n) is 35.6. The molecule has 8 aromatic carbocycles. The number of carbonyl (C=O) groups is 7. The number of nitrogen functional groups attached to an aromatic ring is 1. The number of hydrogen-bond acceptors (Lipinski definition) is 21. The molecule has 16 rings (SSSR count). The zero-order chi connectivity index (χ0) is 110. The Hall–Kier alpha value is -13.7. The zero-order valence-electron chi connectivity index (χ0n) is 82.7. The summed E-state index contributed by atoms with van der Waals surface area (Å²) in [7, 11) is 0. The summed E-state index contributed by atoms with van der Waals surface area (Å²) >= 11 is 2.45. The van der Waals surface area contributed by atoms with Gasteiger partial charge in [0.2, 0.25) is 23.7 Å². The van der Waals surface area contributed by atoms with E-state index in [1.54, 1.807) is 40.7 Å². The predicted molar refractivity (Wildman–Crippen MR) is 538 cm³/mol. The van der Waals surface area contributed by atoms with Crippen molar-refractivity contribution in [1.82, 2.24) is 28.7 Å². The highest BCUT2D eigenvalue weighted by molar-refractivity contribution is 9.12.